The molecule has 2 aliphatic rings. The van der Waals surface area contributed by atoms with Gasteiger partial charge in [0.1, 0.15) is 0 Å². The lowest BCUT2D eigenvalue weighted by Gasteiger charge is -2.31. The number of amides is 2. The Labute approximate surface area is 217 Å². The summed E-state index contributed by atoms with van der Waals surface area (Å²) in [6.07, 6.45) is 3.73. The Morgan fingerprint density at radius 2 is 1.89 bits per heavy atom. The van der Waals surface area contributed by atoms with E-state index in [0.29, 0.717) is 29.4 Å². The third-order valence-electron chi connectivity index (χ3n) is 6.79. The molecule has 1 saturated heterocycles. The van der Waals surface area contributed by atoms with Crippen LogP contribution in [0.25, 0.3) is 6.08 Å². The second kappa shape index (κ2) is 11.7. The molecular formula is C28H34N4O5. The Morgan fingerprint density at radius 1 is 1.19 bits per heavy atom. The van der Waals surface area contributed by atoms with Crippen molar-refractivity contribution < 1.29 is 19.2 Å². The van der Waals surface area contributed by atoms with Crippen molar-refractivity contribution in [2.45, 2.75) is 39.3 Å². The lowest BCUT2D eigenvalue weighted by Crippen LogP contribution is -2.37. The van der Waals surface area contributed by atoms with E-state index in [9.17, 15) is 19.7 Å². The summed E-state index contributed by atoms with van der Waals surface area (Å²) >= 11 is 0. The first kappa shape index (κ1) is 26.5. The summed E-state index contributed by atoms with van der Waals surface area (Å²) in [4.78, 5) is 41.2. The number of nitro groups is 1. The second-order valence-corrected chi connectivity index (χ2v) is 10.2. The Balaban J connectivity index is 1.50. The molecule has 9 heteroatoms. The van der Waals surface area contributed by atoms with E-state index in [1.807, 2.05) is 38.1 Å². The number of hydrogen-bond acceptors (Lipinski definition) is 6. The van der Waals surface area contributed by atoms with E-state index in [1.165, 1.54) is 18.2 Å². The Morgan fingerprint density at radius 3 is 2.54 bits per heavy atom. The maximum Gasteiger partial charge on any atom is 0.270 e. The first-order valence-electron chi connectivity index (χ1n) is 12.7. The summed E-state index contributed by atoms with van der Waals surface area (Å²) in [5, 5.41) is 14.2. The van der Waals surface area contributed by atoms with Gasteiger partial charge in [0.25, 0.3) is 17.5 Å². The van der Waals surface area contributed by atoms with Crippen molar-refractivity contribution in [3.63, 3.8) is 0 Å². The first-order chi connectivity index (χ1) is 17.7. The fourth-order valence-corrected chi connectivity index (χ4v) is 4.82. The van der Waals surface area contributed by atoms with Crippen LogP contribution in [0, 0.1) is 16.0 Å². The maximum absolute atomic E-state index is 13.3. The molecule has 2 amide bonds. The highest BCUT2D eigenvalue weighted by Gasteiger charge is 2.28. The van der Waals surface area contributed by atoms with E-state index < -0.39 is 4.92 Å². The molecule has 1 fully saturated rings. The molecule has 0 saturated carbocycles. The van der Waals surface area contributed by atoms with Gasteiger partial charge in [0, 0.05) is 55.7 Å². The standard InChI is InChI=1S/C28H34N4O5/c1-19(2)16-31-18-22(14-21-6-9-25(32(35)36)15-26(21)28(31)34)27(33)29-23-7-4-20(5-8-23)17-30(3)24-10-12-37-13-11-24/h4-9,14-15,19,24H,10-13,16-18H2,1-3H3,(H,29,33). The highest BCUT2D eigenvalue weighted by Crippen LogP contribution is 2.26. The SMILES string of the molecule is CC(C)CN1CC(C(=O)Nc2ccc(CN(C)C3CCOCC3)cc2)=Cc2ccc([N+](=O)[O-])cc2C1=O. The molecule has 0 aliphatic carbocycles. The fraction of sp³-hybridized carbons (Fsp3) is 0.429. The van der Waals surface area contributed by atoms with Gasteiger partial charge in [-0.15, -0.1) is 0 Å². The smallest absolute Gasteiger partial charge is 0.270 e. The van der Waals surface area contributed by atoms with Crippen LogP contribution >= 0.6 is 0 Å². The number of carbonyl (C=O) groups is 2. The van der Waals surface area contributed by atoms with Crippen molar-refractivity contribution in [1.29, 1.82) is 0 Å². The van der Waals surface area contributed by atoms with Crippen LogP contribution in [-0.2, 0) is 16.1 Å². The van der Waals surface area contributed by atoms with Crippen molar-refractivity contribution >= 4 is 29.3 Å². The van der Waals surface area contributed by atoms with Crippen molar-refractivity contribution in [3.8, 4) is 0 Å². The number of nitrogens with zero attached hydrogens (tertiary/aromatic N) is 3. The predicted molar refractivity (Wildman–Crippen MR) is 142 cm³/mol. The molecular weight excluding hydrogens is 472 g/mol. The highest BCUT2D eigenvalue weighted by molar-refractivity contribution is 6.10. The number of hydrogen-bond donors (Lipinski definition) is 1. The largest absolute Gasteiger partial charge is 0.381 e. The predicted octanol–water partition coefficient (Wildman–Crippen LogP) is 4.34. The number of nitrogens with one attached hydrogen (secondary N) is 1. The zero-order chi connectivity index (χ0) is 26.5. The van der Waals surface area contributed by atoms with Crippen molar-refractivity contribution in [3.05, 3.63) is 74.8 Å². The van der Waals surface area contributed by atoms with Gasteiger partial charge < -0.3 is 15.0 Å². The lowest BCUT2D eigenvalue weighted by atomic mass is 10.0. The summed E-state index contributed by atoms with van der Waals surface area (Å²) in [6, 6.07) is 12.5. The molecule has 0 radical (unpaired) electrons. The van der Waals surface area contributed by atoms with Gasteiger partial charge >= 0.3 is 0 Å². The van der Waals surface area contributed by atoms with E-state index in [4.69, 9.17) is 4.74 Å². The molecule has 2 aromatic rings. The molecule has 4 rings (SSSR count). The van der Waals surface area contributed by atoms with Crippen LogP contribution in [-0.4, -0.2) is 65.9 Å². The Hall–Kier alpha value is -3.56. The van der Waals surface area contributed by atoms with Crippen LogP contribution in [0.3, 0.4) is 0 Å². The Kier molecular flexibility index (Phi) is 8.35. The van der Waals surface area contributed by atoms with Gasteiger partial charge in [-0.2, -0.15) is 0 Å². The van der Waals surface area contributed by atoms with Gasteiger partial charge in [0.15, 0.2) is 0 Å². The van der Waals surface area contributed by atoms with E-state index in [2.05, 4.69) is 17.3 Å². The Bertz CT molecular complexity index is 1190. The third kappa shape index (κ3) is 6.61. The number of nitro benzene ring substituents is 1. The molecule has 0 atom stereocenters. The summed E-state index contributed by atoms with van der Waals surface area (Å²) < 4.78 is 5.46. The van der Waals surface area contributed by atoms with Crippen molar-refractivity contribution in [2.75, 3.05) is 38.7 Å². The number of benzene rings is 2. The fourth-order valence-electron chi connectivity index (χ4n) is 4.82. The number of ether oxygens (including phenoxy) is 1. The molecule has 9 nitrogen and oxygen atoms in total. The summed E-state index contributed by atoms with van der Waals surface area (Å²) in [6.45, 7) is 6.95. The molecule has 0 spiro atoms. The van der Waals surface area contributed by atoms with Crippen LogP contribution in [0.5, 0.6) is 0 Å². The molecule has 0 bridgehead atoms. The number of rotatable bonds is 8. The highest BCUT2D eigenvalue weighted by atomic mass is 16.6. The molecule has 37 heavy (non-hydrogen) atoms. The molecule has 2 heterocycles. The van der Waals surface area contributed by atoms with Crippen LogP contribution in [0.4, 0.5) is 11.4 Å². The van der Waals surface area contributed by atoms with Crippen molar-refractivity contribution in [1.82, 2.24) is 9.80 Å². The number of non-ortho nitro benzene ring substituents is 1. The number of fused-ring (bicyclic) bond motifs is 1. The molecule has 1 N–H and O–H groups in total. The maximum atomic E-state index is 13.3. The van der Waals surface area contributed by atoms with Crippen LogP contribution in [0.15, 0.2) is 48.0 Å². The van der Waals surface area contributed by atoms with Gasteiger partial charge in [-0.1, -0.05) is 26.0 Å². The molecule has 0 unspecified atom stereocenters. The van der Waals surface area contributed by atoms with Gasteiger partial charge in [0.2, 0.25) is 0 Å². The summed E-state index contributed by atoms with van der Waals surface area (Å²) in [5.41, 5.74) is 2.82. The van der Waals surface area contributed by atoms with Gasteiger partial charge in [-0.05, 0) is 61.2 Å². The van der Waals surface area contributed by atoms with E-state index in [1.54, 1.807) is 11.0 Å². The van der Waals surface area contributed by atoms with E-state index in [-0.39, 0.29) is 35.5 Å². The van der Waals surface area contributed by atoms with E-state index >= 15 is 0 Å². The number of carbonyl (C=O) groups excluding carboxylic acids is 2. The lowest BCUT2D eigenvalue weighted by molar-refractivity contribution is -0.384. The van der Waals surface area contributed by atoms with Gasteiger partial charge in [-0.25, -0.2) is 0 Å². The third-order valence-corrected chi connectivity index (χ3v) is 6.79. The van der Waals surface area contributed by atoms with Gasteiger partial charge in [0.05, 0.1) is 17.0 Å². The topological polar surface area (TPSA) is 105 Å². The van der Waals surface area contributed by atoms with Crippen LogP contribution in [0.1, 0.15) is 48.2 Å². The molecule has 2 aliphatic heterocycles. The minimum atomic E-state index is -0.520. The minimum absolute atomic E-state index is 0.124. The van der Waals surface area contributed by atoms with Crippen LogP contribution in [0.2, 0.25) is 0 Å². The molecule has 0 aromatic heterocycles. The zero-order valence-electron chi connectivity index (χ0n) is 21.6. The zero-order valence-corrected chi connectivity index (χ0v) is 21.6. The average Bonchev–Trinajstić information content (AvgIpc) is 3.01. The second-order valence-electron chi connectivity index (χ2n) is 10.2. The minimum Gasteiger partial charge on any atom is -0.381 e. The first-order valence-corrected chi connectivity index (χ1v) is 12.7. The van der Waals surface area contributed by atoms with Gasteiger partial charge in [-0.3, -0.25) is 24.6 Å². The number of anilines is 1. The molecule has 196 valence electrons. The monoisotopic (exact) mass is 506 g/mol. The van der Waals surface area contributed by atoms with E-state index in [0.717, 1.165) is 38.2 Å². The quantitative estimate of drug-likeness (QED) is 0.422. The molecule has 2 aromatic carbocycles. The van der Waals surface area contributed by atoms with Crippen LogP contribution < -0.4 is 5.32 Å². The average molecular weight is 507 g/mol. The van der Waals surface area contributed by atoms with Crippen molar-refractivity contribution in [2.24, 2.45) is 5.92 Å². The normalized spacial score (nSPS) is 16.4. The summed E-state index contributed by atoms with van der Waals surface area (Å²) in [5.74, 6) is -0.454. The summed E-state index contributed by atoms with van der Waals surface area (Å²) in [7, 11) is 2.13.